The zero-order valence-corrected chi connectivity index (χ0v) is 18.0. The zero-order valence-electron chi connectivity index (χ0n) is 17.1. The number of carbonyl (C=O) groups excluding carboxylic acids is 3. The molecule has 1 aliphatic rings. The maximum absolute atomic E-state index is 13.0. The van der Waals surface area contributed by atoms with Gasteiger partial charge in [-0.1, -0.05) is 42.5 Å². The number of nitrogens with two attached hydrogens (primary N) is 1. The van der Waals surface area contributed by atoms with Crippen molar-refractivity contribution in [2.75, 3.05) is 22.1 Å². The Kier molecular flexibility index (Phi) is 5.24. The maximum atomic E-state index is 13.0. The van der Waals surface area contributed by atoms with Crippen molar-refractivity contribution in [2.24, 2.45) is 5.73 Å². The molecule has 158 valence electrons. The fourth-order valence-corrected chi connectivity index (χ4v) is 4.61. The van der Waals surface area contributed by atoms with Crippen LogP contribution in [0.15, 0.2) is 60.7 Å². The van der Waals surface area contributed by atoms with E-state index in [1.54, 1.807) is 26.0 Å². The number of hydrogen-bond acceptors (Lipinski definition) is 5. The van der Waals surface area contributed by atoms with Crippen LogP contribution >= 0.6 is 11.3 Å². The van der Waals surface area contributed by atoms with E-state index in [1.165, 1.54) is 16.2 Å². The van der Waals surface area contributed by atoms with Gasteiger partial charge in [0.05, 0.1) is 16.9 Å². The summed E-state index contributed by atoms with van der Waals surface area (Å²) >= 11 is 1.27. The van der Waals surface area contributed by atoms with E-state index in [0.717, 1.165) is 16.1 Å². The van der Waals surface area contributed by atoms with E-state index in [0.29, 0.717) is 10.7 Å². The molecule has 2 heterocycles. The molecule has 8 heteroatoms. The van der Waals surface area contributed by atoms with Gasteiger partial charge in [0.15, 0.2) is 0 Å². The third-order valence-electron chi connectivity index (χ3n) is 5.03. The summed E-state index contributed by atoms with van der Waals surface area (Å²) in [6.45, 7) is 3.36. The van der Waals surface area contributed by atoms with Crippen molar-refractivity contribution in [1.82, 2.24) is 0 Å². The van der Waals surface area contributed by atoms with Crippen LogP contribution in [0.5, 0.6) is 0 Å². The average molecular weight is 435 g/mol. The smallest absolute Gasteiger partial charge is 0.252 e. The van der Waals surface area contributed by atoms with Gasteiger partial charge in [0.25, 0.3) is 11.8 Å². The largest absolute Gasteiger partial charge is 0.370 e. The minimum Gasteiger partial charge on any atom is -0.370 e. The van der Waals surface area contributed by atoms with Crippen molar-refractivity contribution in [3.8, 4) is 10.4 Å². The summed E-state index contributed by atoms with van der Waals surface area (Å²) in [4.78, 5) is 40.1. The van der Waals surface area contributed by atoms with Gasteiger partial charge in [-0.25, -0.2) is 0 Å². The number of rotatable bonds is 5. The first-order chi connectivity index (χ1) is 14.8. The standard InChI is InChI=1S/C23H22N4O3S/c1-23(2)22(30)27(17-11-7-6-10-16(17)26-23)13-19(28)25-21-15(20(24)29)12-18(31-21)14-8-4-3-5-9-14/h3-12,26H,13H2,1-2H3,(H2,24,29)(H,25,28). The zero-order chi connectivity index (χ0) is 22.2. The van der Waals surface area contributed by atoms with Gasteiger partial charge in [-0.3, -0.25) is 19.3 Å². The van der Waals surface area contributed by atoms with Crippen LogP contribution in [0, 0.1) is 0 Å². The predicted molar refractivity (Wildman–Crippen MR) is 123 cm³/mol. The molecule has 0 bridgehead atoms. The van der Waals surface area contributed by atoms with Gasteiger partial charge < -0.3 is 16.4 Å². The van der Waals surface area contributed by atoms with Crippen molar-refractivity contribution in [2.45, 2.75) is 19.4 Å². The molecule has 0 aliphatic carbocycles. The Morgan fingerprint density at radius 1 is 1.10 bits per heavy atom. The molecule has 7 nitrogen and oxygen atoms in total. The van der Waals surface area contributed by atoms with E-state index in [-0.39, 0.29) is 18.0 Å². The Bertz CT molecular complexity index is 1170. The van der Waals surface area contributed by atoms with E-state index in [4.69, 9.17) is 5.73 Å². The summed E-state index contributed by atoms with van der Waals surface area (Å²) in [6, 6.07) is 18.5. The number of primary amides is 1. The molecular formula is C23H22N4O3S. The minimum absolute atomic E-state index is 0.183. The molecule has 0 fully saturated rings. The number of carbonyl (C=O) groups is 3. The lowest BCUT2D eigenvalue weighted by Crippen LogP contribution is -2.55. The van der Waals surface area contributed by atoms with Crippen molar-refractivity contribution >= 4 is 45.4 Å². The van der Waals surface area contributed by atoms with Crippen molar-refractivity contribution in [3.63, 3.8) is 0 Å². The van der Waals surface area contributed by atoms with Gasteiger partial charge in [0, 0.05) is 4.88 Å². The lowest BCUT2D eigenvalue weighted by Gasteiger charge is -2.39. The van der Waals surface area contributed by atoms with Crippen LogP contribution in [-0.2, 0) is 9.59 Å². The van der Waals surface area contributed by atoms with Crippen LogP contribution in [0.2, 0.25) is 0 Å². The maximum Gasteiger partial charge on any atom is 0.252 e. The number of benzene rings is 2. The van der Waals surface area contributed by atoms with Crippen LogP contribution in [0.4, 0.5) is 16.4 Å². The normalized spacial score (nSPS) is 14.5. The molecule has 0 saturated carbocycles. The van der Waals surface area contributed by atoms with Gasteiger partial charge in [-0.15, -0.1) is 11.3 Å². The Balaban J connectivity index is 1.60. The van der Waals surface area contributed by atoms with Gasteiger partial charge in [-0.05, 0) is 37.6 Å². The van der Waals surface area contributed by atoms with Gasteiger partial charge in [0.2, 0.25) is 5.91 Å². The highest BCUT2D eigenvalue weighted by molar-refractivity contribution is 7.20. The van der Waals surface area contributed by atoms with Crippen LogP contribution in [-0.4, -0.2) is 29.8 Å². The highest BCUT2D eigenvalue weighted by atomic mass is 32.1. The fraction of sp³-hybridized carbons (Fsp3) is 0.174. The second-order valence-electron chi connectivity index (χ2n) is 7.79. The van der Waals surface area contributed by atoms with Crippen molar-refractivity contribution < 1.29 is 14.4 Å². The molecule has 2 aromatic carbocycles. The summed E-state index contributed by atoms with van der Waals surface area (Å²) in [5.41, 5.74) is 7.25. The van der Waals surface area contributed by atoms with Crippen molar-refractivity contribution in [1.29, 1.82) is 0 Å². The quantitative estimate of drug-likeness (QED) is 0.570. The Morgan fingerprint density at radius 3 is 2.48 bits per heavy atom. The Morgan fingerprint density at radius 2 is 1.77 bits per heavy atom. The summed E-state index contributed by atoms with van der Waals surface area (Å²) < 4.78 is 0. The third kappa shape index (κ3) is 4.02. The molecule has 4 N–H and O–H groups in total. The molecular weight excluding hydrogens is 412 g/mol. The summed E-state index contributed by atoms with van der Waals surface area (Å²) in [6.07, 6.45) is 0. The van der Waals surface area contributed by atoms with E-state index in [2.05, 4.69) is 10.6 Å². The molecule has 0 saturated heterocycles. The first-order valence-corrected chi connectivity index (χ1v) is 10.6. The van der Waals surface area contributed by atoms with E-state index < -0.39 is 17.4 Å². The molecule has 0 unspecified atom stereocenters. The molecule has 0 atom stereocenters. The number of fused-ring (bicyclic) bond motifs is 1. The molecule has 1 aliphatic heterocycles. The van der Waals surface area contributed by atoms with Gasteiger partial charge in [-0.2, -0.15) is 0 Å². The first kappa shape index (κ1) is 20.6. The van der Waals surface area contributed by atoms with Crippen LogP contribution in [0.3, 0.4) is 0 Å². The molecule has 3 aromatic rings. The lowest BCUT2D eigenvalue weighted by molar-refractivity contribution is -0.124. The molecule has 4 rings (SSSR count). The number of para-hydroxylation sites is 2. The average Bonchev–Trinajstić information content (AvgIpc) is 3.16. The highest BCUT2D eigenvalue weighted by Crippen LogP contribution is 2.37. The summed E-state index contributed by atoms with van der Waals surface area (Å²) in [5, 5.41) is 6.34. The SMILES string of the molecule is CC1(C)Nc2ccccc2N(CC(=O)Nc2sc(-c3ccccc3)cc2C(N)=O)C1=O. The Hall–Kier alpha value is -3.65. The predicted octanol–water partition coefficient (Wildman–Crippen LogP) is 3.69. The van der Waals surface area contributed by atoms with Gasteiger partial charge >= 0.3 is 0 Å². The van der Waals surface area contributed by atoms with Crippen LogP contribution in [0.1, 0.15) is 24.2 Å². The number of anilines is 3. The third-order valence-corrected chi connectivity index (χ3v) is 6.13. The number of nitrogens with one attached hydrogen (secondary N) is 2. The number of thiophene rings is 1. The first-order valence-electron chi connectivity index (χ1n) is 9.74. The second-order valence-corrected chi connectivity index (χ2v) is 8.84. The fourth-order valence-electron chi connectivity index (χ4n) is 3.53. The molecule has 0 spiro atoms. The lowest BCUT2D eigenvalue weighted by atomic mass is 9.98. The molecule has 31 heavy (non-hydrogen) atoms. The minimum atomic E-state index is -0.851. The topological polar surface area (TPSA) is 105 Å². The highest BCUT2D eigenvalue weighted by Gasteiger charge is 2.39. The molecule has 1 aromatic heterocycles. The van der Waals surface area contributed by atoms with E-state index in [9.17, 15) is 14.4 Å². The summed E-state index contributed by atoms with van der Waals surface area (Å²) in [7, 11) is 0. The van der Waals surface area contributed by atoms with E-state index >= 15 is 0 Å². The molecule has 0 radical (unpaired) electrons. The van der Waals surface area contributed by atoms with Crippen LogP contribution in [0.25, 0.3) is 10.4 Å². The monoisotopic (exact) mass is 434 g/mol. The van der Waals surface area contributed by atoms with Crippen molar-refractivity contribution in [3.05, 3.63) is 66.2 Å². The summed E-state index contributed by atoms with van der Waals surface area (Å²) in [5.74, 6) is -1.25. The van der Waals surface area contributed by atoms with Crippen LogP contribution < -0.4 is 21.3 Å². The second kappa shape index (κ2) is 7.88. The number of amides is 3. The molecule has 3 amide bonds. The van der Waals surface area contributed by atoms with E-state index in [1.807, 2.05) is 48.5 Å². The Labute approximate surface area is 183 Å². The number of nitrogens with zero attached hydrogens (tertiary/aromatic N) is 1. The number of hydrogen-bond donors (Lipinski definition) is 3. The van der Waals surface area contributed by atoms with Gasteiger partial charge in [0.1, 0.15) is 17.1 Å².